The van der Waals surface area contributed by atoms with E-state index in [4.69, 9.17) is 19.3 Å². The molecular weight excluding hydrogens is 409 g/mol. The highest BCUT2D eigenvalue weighted by Crippen LogP contribution is 2.37. The van der Waals surface area contributed by atoms with Gasteiger partial charge in [0.15, 0.2) is 23.1 Å². The standard InChI is InChI=1S/C20H15F3O5S/c1-26-15-4-3-13(21)19(23)12(15)8-28-17-6-11(14(22)7-16(17)27-2)10-5-18(20(24)25)29-9-10/h3-7,9H,8H2,1-2H3,(H,24,25). The van der Waals surface area contributed by atoms with E-state index >= 15 is 0 Å². The first-order valence-corrected chi connectivity index (χ1v) is 9.07. The average molecular weight is 424 g/mol. The van der Waals surface area contributed by atoms with Crippen molar-refractivity contribution in [2.45, 2.75) is 6.61 Å². The van der Waals surface area contributed by atoms with Gasteiger partial charge in [0, 0.05) is 11.6 Å². The smallest absolute Gasteiger partial charge is 0.345 e. The highest BCUT2D eigenvalue weighted by Gasteiger charge is 2.19. The van der Waals surface area contributed by atoms with Crippen LogP contribution >= 0.6 is 11.3 Å². The van der Waals surface area contributed by atoms with Crippen molar-refractivity contribution < 1.29 is 37.3 Å². The Morgan fingerprint density at radius 3 is 2.34 bits per heavy atom. The van der Waals surface area contributed by atoms with Crippen LogP contribution in [0.1, 0.15) is 15.2 Å². The Morgan fingerprint density at radius 1 is 1.00 bits per heavy atom. The highest BCUT2D eigenvalue weighted by molar-refractivity contribution is 7.12. The molecule has 0 unspecified atom stereocenters. The van der Waals surface area contributed by atoms with Crippen LogP contribution in [0.4, 0.5) is 13.2 Å². The van der Waals surface area contributed by atoms with Crippen LogP contribution < -0.4 is 14.2 Å². The Kier molecular flexibility index (Phi) is 5.97. The van der Waals surface area contributed by atoms with E-state index in [1.54, 1.807) is 0 Å². The third-order valence-corrected chi connectivity index (χ3v) is 5.04. The maximum absolute atomic E-state index is 14.5. The van der Waals surface area contributed by atoms with E-state index in [2.05, 4.69) is 0 Å². The summed E-state index contributed by atoms with van der Waals surface area (Å²) in [5.74, 6) is -3.76. The molecule has 29 heavy (non-hydrogen) atoms. The van der Waals surface area contributed by atoms with Crippen molar-refractivity contribution in [2.75, 3.05) is 14.2 Å². The Bertz CT molecular complexity index is 1060. The molecule has 0 fully saturated rings. The van der Waals surface area contributed by atoms with E-state index < -0.39 is 30.0 Å². The fourth-order valence-corrected chi connectivity index (χ4v) is 3.41. The van der Waals surface area contributed by atoms with E-state index in [9.17, 15) is 18.0 Å². The summed E-state index contributed by atoms with van der Waals surface area (Å²) in [5.41, 5.74) is 0.271. The average Bonchev–Trinajstić information content (AvgIpc) is 3.19. The third kappa shape index (κ3) is 4.14. The fraction of sp³-hybridized carbons (Fsp3) is 0.150. The van der Waals surface area contributed by atoms with Gasteiger partial charge in [0.05, 0.1) is 19.8 Å². The van der Waals surface area contributed by atoms with Crippen LogP contribution in [-0.4, -0.2) is 25.3 Å². The number of carbonyl (C=O) groups is 1. The highest BCUT2D eigenvalue weighted by atomic mass is 32.1. The summed E-state index contributed by atoms with van der Waals surface area (Å²) >= 11 is 0.950. The molecule has 0 spiro atoms. The van der Waals surface area contributed by atoms with Crippen molar-refractivity contribution in [1.29, 1.82) is 0 Å². The van der Waals surface area contributed by atoms with E-state index in [0.717, 1.165) is 23.5 Å². The maximum atomic E-state index is 14.5. The summed E-state index contributed by atoms with van der Waals surface area (Å²) in [6, 6.07) is 5.92. The number of methoxy groups -OCH3 is 2. The van der Waals surface area contributed by atoms with Crippen molar-refractivity contribution in [3.05, 3.63) is 63.6 Å². The van der Waals surface area contributed by atoms with E-state index in [1.165, 1.54) is 37.8 Å². The topological polar surface area (TPSA) is 65.0 Å². The molecule has 1 aromatic heterocycles. The molecule has 0 radical (unpaired) electrons. The summed E-state index contributed by atoms with van der Waals surface area (Å²) in [5, 5.41) is 10.5. The molecule has 0 atom stereocenters. The number of benzene rings is 2. The molecule has 0 bridgehead atoms. The third-order valence-electron chi connectivity index (χ3n) is 4.12. The quantitative estimate of drug-likeness (QED) is 0.570. The van der Waals surface area contributed by atoms with Crippen LogP contribution in [0, 0.1) is 17.5 Å². The minimum Gasteiger partial charge on any atom is -0.496 e. The SMILES string of the molecule is COc1cc(F)c(-c2csc(C(=O)O)c2)cc1OCc1c(OC)ccc(F)c1F. The Hall–Kier alpha value is -3.20. The van der Waals surface area contributed by atoms with E-state index in [1.807, 2.05) is 0 Å². The van der Waals surface area contributed by atoms with Crippen LogP contribution in [0.2, 0.25) is 0 Å². The molecule has 3 rings (SSSR count). The van der Waals surface area contributed by atoms with Crippen molar-refractivity contribution in [3.8, 4) is 28.4 Å². The van der Waals surface area contributed by atoms with Crippen LogP contribution in [0.15, 0.2) is 35.7 Å². The first-order chi connectivity index (χ1) is 13.8. The lowest BCUT2D eigenvalue weighted by atomic mass is 10.1. The number of carboxylic acid groups (broad SMARTS) is 1. The first-order valence-electron chi connectivity index (χ1n) is 8.19. The molecule has 3 aromatic rings. The monoisotopic (exact) mass is 424 g/mol. The lowest BCUT2D eigenvalue weighted by Crippen LogP contribution is -2.05. The van der Waals surface area contributed by atoms with Crippen LogP contribution in [0.25, 0.3) is 11.1 Å². The number of hydrogen-bond donors (Lipinski definition) is 1. The predicted octanol–water partition coefficient (Wildman–Crippen LogP) is 5.13. The Balaban J connectivity index is 1.97. The molecule has 2 aromatic carbocycles. The van der Waals surface area contributed by atoms with Crippen molar-refractivity contribution >= 4 is 17.3 Å². The molecule has 152 valence electrons. The van der Waals surface area contributed by atoms with Crippen LogP contribution in [0.5, 0.6) is 17.2 Å². The fourth-order valence-electron chi connectivity index (χ4n) is 2.67. The molecule has 0 saturated carbocycles. The zero-order chi connectivity index (χ0) is 21.1. The Labute approximate surface area is 167 Å². The predicted molar refractivity (Wildman–Crippen MR) is 100 cm³/mol. The van der Waals surface area contributed by atoms with Gasteiger partial charge in [-0.3, -0.25) is 0 Å². The molecule has 0 aliphatic carbocycles. The number of thiophene rings is 1. The number of rotatable bonds is 7. The zero-order valence-electron chi connectivity index (χ0n) is 15.3. The second-order valence-electron chi connectivity index (χ2n) is 5.82. The normalized spacial score (nSPS) is 10.7. The minimum atomic E-state index is -1.12. The summed E-state index contributed by atoms with van der Waals surface area (Å²) < 4.78 is 57.9. The molecule has 9 heteroatoms. The molecule has 0 saturated heterocycles. The molecule has 1 N–H and O–H groups in total. The van der Waals surface area contributed by atoms with Gasteiger partial charge >= 0.3 is 5.97 Å². The van der Waals surface area contributed by atoms with Gasteiger partial charge in [-0.15, -0.1) is 11.3 Å². The molecule has 5 nitrogen and oxygen atoms in total. The van der Waals surface area contributed by atoms with Crippen LogP contribution in [-0.2, 0) is 6.61 Å². The number of halogens is 3. The van der Waals surface area contributed by atoms with Gasteiger partial charge in [-0.25, -0.2) is 18.0 Å². The minimum absolute atomic E-state index is 0.0377. The van der Waals surface area contributed by atoms with Gasteiger partial charge in [0.1, 0.15) is 23.1 Å². The van der Waals surface area contributed by atoms with Gasteiger partial charge in [0.25, 0.3) is 0 Å². The maximum Gasteiger partial charge on any atom is 0.345 e. The summed E-state index contributed by atoms with van der Waals surface area (Å²) in [6.45, 7) is -0.405. The van der Waals surface area contributed by atoms with Crippen molar-refractivity contribution in [2.24, 2.45) is 0 Å². The molecule has 1 heterocycles. The summed E-state index contributed by atoms with van der Waals surface area (Å²) in [6.07, 6.45) is 0. The molecule has 0 amide bonds. The van der Waals surface area contributed by atoms with Crippen molar-refractivity contribution in [1.82, 2.24) is 0 Å². The first kappa shape index (κ1) is 20.5. The Morgan fingerprint density at radius 2 is 1.72 bits per heavy atom. The van der Waals surface area contributed by atoms with Crippen LogP contribution in [0.3, 0.4) is 0 Å². The lowest BCUT2D eigenvalue weighted by Gasteiger charge is -2.15. The number of aromatic carboxylic acids is 1. The molecule has 0 aliphatic heterocycles. The van der Waals surface area contributed by atoms with Gasteiger partial charge in [-0.2, -0.15) is 0 Å². The van der Waals surface area contributed by atoms with Gasteiger partial charge in [0.2, 0.25) is 0 Å². The van der Waals surface area contributed by atoms with Crippen molar-refractivity contribution in [3.63, 3.8) is 0 Å². The zero-order valence-corrected chi connectivity index (χ0v) is 16.1. The second-order valence-corrected chi connectivity index (χ2v) is 6.73. The molecule has 0 aliphatic rings. The number of hydrogen-bond acceptors (Lipinski definition) is 5. The number of carboxylic acids is 1. The molecular formula is C20H15F3O5S. The van der Waals surface area contributed by atoms with Gasteiger partial charge < -0.3 is 19.3 Å². The summed E-state index contributed by atoms with van der Waals surface area (Å²) in [4.78, 5) is 11.1. The lowest BCUT2D eigenvalue weighted by molar-refractivity contribution is 0.0702. The van der Waals surface area contributed by atoms with Gasteiger partial charge in [-0.1, -0.05) is 0 Å². The van der Waals surface area contributed by atoms with E-state index in [0.29, 0.717) is 5.56 Å². The summed E-state index contributed by atoms with van der Waals surface area (Å²) in [7, 11) is 2.61. The second kappa shape index (κ2) is 8.44. The number of ether oxygens (including phenoxy) is 3. The van der Waals surface area contributed by atoms with Gasteiger partial charge in [-0.05, 0) is 35.2 Å². The van der Waals surface area contributed by atoms with E-state index in [-0.39, 0.29) is 33.3 Å². The largest absolute Gasteiger partial charge is 0.496 e.